The highest BCUT2D eigenvalue weighted by atomic mass is 19.1. The van der Waals surface area contributed by atoms with Crippen LogP contribution in [-0.2, 0) is 9.53 Å². The Kier molecular flexibility index (Phi) is 6.62. The van der Waals surface area contributed by atoms with Gasteiger partial charge in [-0.1, -0.05) is 6.07 Å². The Balaban J connectivity index is 2.00. The fourth-order valence-corrected chi connectivity index (χ4v) is 3.36. The van der Waals surface area contributed by atoms with Crippen LogP contribution in [0.5, 0.6) is 0 Å². The van der Waals surface area contributed by atoms with Crippen molar-refractivity contribution in [1.29, 1.82) is 0 Å². The number of amides is 1. The van der Waals surface area contributed by atoms with Crippen molar-refractivity contribution < 1.29 is 23.6 Å². The molecule has 0 saturated carbocycles. The number of nitro benzene ring substituents is 1. The summed E-state index contributed by atoms with van der Waals surface area (Å²) in [7, 11) is 0. The van der Waals surface area contributed by atoms with Gasteiger partial charge in [0.15, 0.2) is 6.04 Å². The van der Waals surface area contributed by atoms with Crippen molar-refractivity contribution in [3.05, 3.63) is 87.0 Å². The number of nitrogens with zero attached hydrogens (tertiary/aromatic N) is 3. The molecule has 0 spiro atoms. The van der Waals surface area contributed by atoms with Crippen LogP contribution in [0.1, 0.15) is 40.3 Å². The number of benzene rings is 2. The van der Waals surface area contributed by atoms with E-state index in [0.717, 1.165) is 6.07 Å². The summed E-state index contributed by atoms with van der Waals surface area (Å²) in [4.78, 5) is 36.0. The van der Waals surface area contributed by atoms with Crippen molar-refractivity contribution >= 4 is 17.6 Å². The van der Waals surface area contributed by atoms with Gasteiger partial charge in [0.1, 0.15) is 5.82 Å². The van der Waals surface area contributed by atoms with Crippen LogP contribution in [0, 0.1) is 29.8 Å². The van der Waals surface area contributed by atoms with Crippen LogP contribution in [-0.4, -0.2) is 33.2 Å². The minimum Gasteiger partial charge on any atom is -0.464 e. The van der Waals surface area contributed by atoms with E-state index in [9.17, 15) is 24.1 Å². The molecule has 0 aliphatic rings. The van der Waals surface area contributed by atoms with Gasteiger partial charge in [0, 0.05) is 29.0 Å². The second-order valence-electron chi connectivity index (χ2n) is 6.94. The molecule has 1 aromatic heterocycles. The molecule has 0 radical (unpaired) electrons. The molecule has 3 aromatic rings. The number of carbonyl (C=O) groups is 2. The lowest BCUT2D eigenvalue weighted by molar-refractivity contribution is -0.384. The Bertz CT molecular complexity index is 1170. The molecule has 0 unspecified atom stereocenters. The summed E-state index contributed by atoms with van der Waals surface area (Å²) < 4.78 is 20.0. The van der Waals surface area contributed by atoms with Crippen LogP contribution in [0.4, 0.5) is 10.1 Å². The van der Waals surface area contributed by atoms with Crippen LogP contribution < -0.4 is 5.32 Å². The number of aryl methyl sites for hydroxylation is 1. The Morgan fingerprint density at radius 1 is 1.22 bits per heavy atom. The van der Waals surface area contributed by atoms with Crippen LogP contribution in [0.15, 0.2) is 48.5 Å². The largest absolute Gasteiger partial charge is 0.464 e. The van der Waals surface area contributed by atoms with E-state index < -0.39 is 28.7 Å². The first kappa shape index (κ1) is 22.6. The molecule has 3 rings (SSSR count). The number of non-ortho nitro benzene ring substituents is 1. The van der Waals surface area contributed by atoms with Gasteiger partial charge in [-0.15, -0.1) is 0 Å². The van der Waals surface area contributed by atoms with Crippen LogP contribution >= 0.6 is 0 Å². The quantitative estimate of drug-likeness (QED) is 0.341. The molecule has 2 aromatic carbocycles. The van der Waals surface area contributed by atoms with Crippen molar-refractivity contribution in [2.24, 2.45) is 0 Å². The first-order valence-corrected chi connectivity index (χ1v) is 9.77. The van der Waals surface area contributed by atoms with E-state index in [1.165, 1.54) is 35.0 Å². The highest BCUT2D eigenvalue weighted by Gasteiger charge is 2.31. The number of rotatable bonds is 7. The normalized spacial score (nSPS) is 11.6. The molecule has 1 amide bonds. The number of nitro groups is 1. The van der Waals surface area contributed by atoms with Gasteiger partial charge in [-0.3, -0.25) is 14.9 Å². The van der Waals surface area contributed by atoms with E-state index in [0.29, 0.717) is 22.6 Å². The lowest BCUT2D eigenvalue weighted by atomic mass is 10.0. The third-order valence-electron chi connectivity index (χ3n) is 4.82. The van der Waals surface area contributed by atoms with E-state index in [-0.39, 0.29) is 17.9 Å². The molecule has 166 valence electrons. The molecule has 0 fully saturated rings. The molecule has 32 heavy (non-hydrogen) atoms. The third kappa shape index (κ3) is 4.64. The first-order valence-electron chi connectivity index (χ1n) is 9.77. The summed E-state index contributed by atoms with van der Waals surface area (Å²) in [5, 5.41) is 18.1. The Morgan fingerprint density at radius 2 is 1.91 bits per heavy atom. The minimum atomic E-state index is -1.20. The molecule has 0 aliphatic heterocycles. The molecule has 0 bridgehead atoms. The third-order valence-corrected chi connectivity index (χ3v) is 4.82. The average molecular weight is 440 g/mol. The van der Waals surface area contributed by atoms with Crippen molar-refractivity contribution in [3.8, 4) is 5.69 Å². The van der Waals surface area contributed by atoms with E-state index in [1.807, 2.05) is 0 Å². The molecule has 0 saturated heterocycles. The zero-order chi connectivity index (χ0) is 23.4. The summed E-state index contributed by atoms with van der Waals surface area (Å²) in [6, 6.07) is 9.65. The summed E-state index contributed by atoms with van der Waals surface area (Å²) in [5.74, 6) is -1.78. The summed E-state index contributed by atoms with van der Waals surface area (Å²) in [6.07, 6.45) is 0. The number of aromatic nitrogens is 2. The zero-order valence-corrected chi connectivity index (χ0v) is 17.7. The highest BCUT2D eigenvalue weighted by molar-refractivity contribution is 5.97. The van der Waals surface area contributed by atoms with Gasteiger partial charge in [-0.05, 0) is 51.1 Å². The van der Waals surface area contributed by atoms with Gasteiger partial charge in [0.25, 0.3) is 11.6 Å². The van der Waals surface area contributed by atoms with Crippen molar-refractivity contribution in [2.75, 3.05) is 6.61 Å². The Morgan fingerprint density at radius 3 is 2.53 bits per heavy atom. The summed E-state index contributed by atoms with van der Waals surface area (Å²) in [6.45, 7) is 5.11. The number of hydrogen-bond donors (Lipinski definition) is 1. The second kappa shape index (κ2) is 9.38. The molecular weight excluding hydrogens is 419 g/mol. The number of esters is 1. The molecule has 1 atom stereocenters. The van der Waals surface area contributed by atoms with E-state index in [1.54, 1.807) is 32.9 Å². The predicted octanol–water partition coefficient (Wildman–Crippen LogP) is 3.57. The fourth-order valence-electron chi connectivity index (χ4n) is 3.36. The minimum absolute atomic E-state index is 0.0229. The van der Waals surface area contributed by atoms with Gasteiger partial charge in [0.2, 0.25) is 0 Å². The number of halogens is 1. The van der Waals surface area contributed by atoms with Gasteiger partial charge in [0.05, 0.1) is 22.9 Å². The van der Waals surface area contributed by atoms with E-state index in [2.05, 4.69) is 10.4 Å². The number of nitrogens with one attached hydrogen (secondary N) is 1. The predicted molar refractivity (Wildman–Crippen MR) is 113 cm³/mol. The summed E-state index contributed by atoms with van der Waals surface area (Å²) in [5.41, 5.74) is 1.78. The smallest absolute Gasteiger partial charge is 0.333 e. The van der Waals surface area contributed by atoms with Gasteiger partial charge in [-0.25, -0.2) is 13.9 Å². The fraction of sp³-hybridized carbons (Fsp3) is 0.227. The topological polar surface area (TPSA) is 116 Å². The molecule has 9 nitrogen and oxygen atoms in total. The maximum atomic E-state index is 13.3. The molecular formula is C22H21FN4O5. The molecule has 0 aliphatic carbocycles. The maximum absolute atomic E-state index is 13.3. The lowest BCUT2D eigenvalue weighted by Gasteiger charge is -2.18. The monoisotopic (exact) mass is 440 g/mol. The van der Waals surface area contributed by atoms with Crippen molar-refractivity contribution in [1.82, 2.24) is 15.1 Å². The SMILES string of the molecule is CCOC(=O)[C@@H](NC(=O)c1cccc([N+](=O)[O-])c1)c1c(C)nn(-c2ccc(F)cc2)c1C. The average Bonchev–Trinajstić information content (AvgIpc) is 3.06. The Hall–Kier alpha value is -4.08. The Labute approximate surface area is 183 Å². The number of ether oxygens (including phenoxy) is 1. The number of hydrogen-bond acceptors (Lipinski definition) is 6. The van der Waals surface area contributed by atoms with E-state index in [4.69, 9.17) is 4.74 Å². The summed E-state index contributed by atoms with van der Waals surface area (Å²) >= 11 is 0. The van der Waals surface area contributed by atoms with Crippen molar-refractivity contribution in [3.63, 3.8) is 0 Å². The lowest BCUT2D eigenvalue weighted by Crippen LogP contribution is -2.35. The first-order chi connectivity index (χ1) is 15.2. The van der Waals surface area contributed by atoms with Crippen LogP contribution in [0.3, 0.4) is 0 Å². The standard InChI is InChI=1S/C22H21FN4O5/c1-4-32-22(29)20(24-21(28)15-6-5-7-18(12-15)27(30)31)19-13(2)25-26(14(19)3)17-10-8-16(23)9-11-17/h5-12,20H,4H2,1-3H3,(H,24,28)/t20-/m0/s1. The van der Waals surface area contributed by atoms with Crippen LogP contribution in [0.2, 0.25) is 0 Å². The van der Waals surface area contributed by atoms with Crippen LogP contribution in [0.25, 0.3) is 5.69 Å². The molecule has 1 N–H and O–H groups in total. The zero-order valence-electron chi connectivity index (χ0n) is 17.7. The molecule has 1 heterocycles. The number of carbonyl (C=O) groups excluding carboxylic acids is 2. The van der Waals surface area contributed by atoms with Crippen molar-refractivity contribution in [2.45, 2.75) is 26.8 Å². The van der Waals surface area contributed by atoms with E-state index >= 15 is 0 Å². The highest BCUT2D eigenvalue weighted by Crippen LogP contribution is 2.26. The van der Waals surface area contributed by atoms with Gasteiger partial charge >= 0.3 is 5.97 Å². The van der Waals surface area contributed by atoms with Gasteiger partial charge in [-0.2, -0.15) is 5.10 Å². The van der Waals surface area contributed by atoms with Gasteiger partial charge < -0.3 is 10.1 Å². The second-order valence-corrected chi connectivity index (χ2v) is 6.94. The molecule has 10 heteroatoms. The maximum Gasteiger partial charge on any atom is 0.333 e.